The molecule has 0 fully saturated rings. The molecule has 34 heavy (non-hydrogen) atoms. The van der Waals surface area contributed by atoms with Gasteiger partial charge in [-0.3, -0.25) is 14.2 Å². The highest BCUT2D eigenvalue weighted by molar-refractivity contribution is 7.17. The van der Waals surface area contributed by atoms with Crippen LogP contribution in [0.5, 0.6) is 0 Å². The fraction of sp³-hybridized carbons (Fsp3) is 0.0741. The van der Waals surface area contributed by atoms with Crippen molar-refractivity contribution in [3.05, 3.63) is 105 Å². The van der Waals surface area contributed by atoms with Gasteiger partial charge in [-0.25, -0.2) is 4.98 Å². The van der Waals surface area contributed by atoms with Crippen molar-refractivity contribution < 1.29 is 4.79 Å². The quantitative estimate of drug-likeness (QED) is 0.313. The number of hydrogen-bond donors (Lipinski definition) is 1. The molecular formula is C27H20ClN3O2S. The third-order valence-corrected chi connectivity index (χ3v) is 7.02. The van der Waals surface area contributed by atoms with E-state index in [4.69, 9.17) is 11.6 Å². The summed E-state index contributed by atoms with van der Waals surface area (Å²) in [6.45, 7) is 1.69. The number of carbonyl (C=O) groups excluding carboxylic acids is 1. The Bertz CT molecular complexity index is 1560. The number of anilines is 1. The zero-order chi connectivity index (χ0) is 23.7. The molecule has 0 radical (unpaired) electrons. The number of fused-ring (bicyclic) bond motifs is 1. The SMILES string of the molecule is Cc1c(Cl)cccc1NC(=O)Cn1cnc2scc(-c3ccc(-c4ccccc4)cc3)c2c1=O. The minimum atomic E-state index is -0.322. The number of hydrogen-bond acceptors (Lipinski definition) is 4. The van der Waals surface area contributed by atoms with Gasteiger partial charge in [-0.1, -0.05) is 72.3 Å². The molecule has 2 heterocycles. The van der Waals surface area contributed by atoms with Gasteiger partial charge in [0.2, 0.25) is 5.91 Å². The minimum absolute atomic E-state index is 0.143. The number of nitrogens with one attached hydrogen (secondary N) is 1. The second-order valence-electron chi connectivity index (χ2n) is 7.91. The number of aromatic nitrogens is 2. The number of halogens is 1. The molecule has 0 aliphatic rings. The van der Waals surface area contributed by atoms with E-state index in [-0.39, 0.29) is 18.0 Å². The molecule has 0 unspecified atom stereocenters. The van der Waals surface area contributed by atoms with E-state index >= 15 is 0 Å². The van der Waals surface area contributed by atoms with Gasteiger partial charge in [0.15, 0.2) is 0 Å². The molecule has 2 aromatic heterocycles. The maximum absolute atomic E-state index is 13.3. The first-order valence-corrected chi connectivity index (χ1v) is 11.9. The van der Waals surface area contributed by atoms with Gasteiger partial charge in [-0.15, -0.1) is 11.3 Å². The molecule has 0 saturated heterocycles. The summed E-state index contributed by atoms with van der Waals surface area (Å²) in [5, 5.41) is 5.86. The van der Waals surface area contributed by atoms with Crippen LogP contribution in [0.1, 0.15) is 5.56 Å². The van der Waals surface area contributed by atoms with Crippen molar-refractivity contribution in [3.63, 3.8) is 0 Å². The Balaban J connectivity index is 1.44. The van der Waals surface area contributed by atoms with E-state index in [1.54, 1.807) is 18.2 Å². The molecule has 0 bridgehead atoms. The van der Waals surface area contributed by atoms with Gasteiger partial charge in [-0.2, -0.15) is 0 Å². The topological polar surface area (TPSA) is 64.0 Å². The number of thiophene rings is 1. The summed E-state index contributed by atoms with van der Waals surface area (Å²) in [5.41, 5.74) is 5.14. The van der Waals surface area contributed by atoms with Crippen molar-refractivity contribution in [2.75, 3.05) is 5.32 Å². The van der Waals surface area contributed by atoms with E-state index in [9.17, 15) is 9.59 Å². The largest absolute Gasteiger partial charge is 0.324 e. The molecule has 3 aromatic carbocycles. The van der Waals surface area contributed by atoms with Crippen molar-refractivity contribution in [1.82, 2.24) is 9.55 Å². The Labute approximate surface area is 205 Å². The molecule has 0 aliphatic heterocycles. The van der Waals surface area contributed by atoms with Crippen LogP contribution in [-0.2, 0) is 11.3 Å². The Hall–Kier alpha value is -3.74. The van der Waals surface area contributed by atoms with Gasteiger partial charge in [0.1, 0.15) is 11.4 Å². The number of amides is 1. The fourth-order valence-corrected chi connectivity index (χ4v) is 4.93. The number of rotatable bonds is 5. The van der Waals surface area contributed by atoms with Gasteiger partial charge in [-0.05, 0) is 41.3 Å². The molecule has 0 saturated carbocycles. The summed E-state index contributed by atoms with van der Waals surface area (Å²) >= 11 is 7.56. The molecule has 0 spiro atoms. The van der Waals surface area contributed by atoms with Crippen LogP contribution < -0.4 is 10.9 Å². The van der Waals surface area contributed by atoms with Crippen molar-refractivity contribution in [2.45, 2.75) is 13.5 Å². The molecule has 0 atom stereocenters. The molecule has 7 heteroatoms. The predicted molar refractivity (Wildman–Crippen MR) is 140 cm³/mol. The van der Waals surface area contributed by atoms with Gasteiger partial charge >= 0.3 is 0 Å². The Kier molecular flexibility index (Phi) is 6.01. The maximum atomic E-state index is 13.3. The predicted octanol–water partition coefficient (Wildman–Crippen LogP) is 6.39. The van der Waals surface area contributed by atoms with Gasteiger partial charge in [0, 0.05) is 21.7 Å². The molecule has 5 rings (SSSR count). The van der Waals surface area contributed by atoms with Gasteiger partial charge in [0.25, 0.3) is 5.56 Å². The second-order valence-corrected chi connectivity index (χ2v) is 9.18. The molecule has 5 nitrogen and oxygen atoms in total. The van der Waals surface area contributed by atoms with Crippen LogP contribution in [0.3, 0.4) is 0 Å². The number of carbonyl (C=O) groups is 1. The number of benzene rings is 3. The van der Waals surface area contributed by atoms with Crippen molar-refractivity contribution in [2.24, 2.45) is 0 Å². The molecule has 0 aliphatic carbocycles. The lowest BCUT2D eigenvalue weighted by atomic mass is 10.0. The third-order valence-electron chi connectivity index (χ3n) is 5.72. The van der Waals surface area contributed by atoms with Crippen LogP contribution in [0, 0.1) is 6.92 Å². The Morgan fingerprint density at radius 1 is 0.971 bits per heavy atom. The Morgan fingerprint density at radius 2 is 1.68 bits per heavy atom. The first-order chi connectivity index (χ1) is 16.5. The normalized spacial score (nSPS) is 11.0. The summed E-state index contributed by atoms with van der Waals surface area (Å²) in [6.07, 6.45) is 1.42. The summed E-state index contributed by atoms with van der Waals surface area (Å²) in [4.78, 5) is 31.0. The van der Waals surface area contributed by atoms with E-state index < -0.39 is 0 Å². The van der Waals surface area contributed by atoms with Gasteiger partial charge in [0.05, 0.1) is 11.7 Å². The van der Waals surface area contributed by atoms with E-state index in [0.717, 1.165) is 27.8 Å². The van der Waals surface area contributed by atoms with Crippen molar-refractivity contribution >= 4 is 44.7 Å². The van der Waals surface area contributed by atoms with Crippen molar-refractivity contribution in [1.29, 1.82) is 0 Å². The Morgan fingerprint density at radius 3 is 2.44 bits per heavy atom. The fourth-order valence-electron chi connectivity index (χ4n) is 3.85. The lowest BCUT2D eigenvalue weighted by Crippen LogP contribution is -2.28. The highest BCUT2D eigenvalue weighted by Gasteiger charge is 2.15. The van der Waals surface area contributed by atoms with Gasteiger partial charge < -0.3 is 5.32 Å². The van der Waals surface area contributed by atoms with Crippen LogP contribution in [-0.4, -0.2) is 15.5 Å². The minimum Gasteiger partial charge on any atom is -0.324 e. The molecular weight excluding hydrogens is 466 g/mol. The first-order valence-electron chi connectivity index (χ1n) is 10.7. The maximum Gasteiger partial charge on any atom is 0.263 e. The zero-order valence-electron chi connectivity index (χ0n) is 18.3. The summed E-state index contributed by atoms with van der Waals surface area (Å²) < 4.78 is 1.34. The summed E-state index contributed by atoms with van der Waals surface area (Å²) in [5.74, 6) is -0.322. The highest BCUT2D eigenvalue weighted by Crippen LogP contribution is 2.32. The summed E-state index contributed by atoms with van der Waals surface area (Å²) in [7, 11) is 0. The average Bonchev–Trinajstić information content (AvgIpc) is 3.29. The van der Waals surface area contributed by atoms with Crippen LogP contribution in [0.2, 0.25) is 5.02 Å². The van der Waals surface area contributed by atoms with Crippen LogP contribution in [0.4, 0.5) is 5.69 Å². The lowest BCUT2D eigenvalue weighted by Gasteiger charge is -2.10. The van der Waals surface area contributed by atoms with Crippen LogP contribution >= 0.6 is 22.9 Å². The molecule has 1 N–H and O–H groups in total. The van der Waals surface area contributed by atoms with E-state index in [1.807, 2.05) is 54.8 Å². The van der Waals surface area contributed by atoms with E-state index in [2.05, 4.69) is 22.4 Å². The lowest BCUT2D eigenvalue weighted by molar-refractivity contribution is -0.116. The van der Waals surface area contributed by atoms with E-state index in [0.29, 0.717) is 20.9 Å². The van der Waals surface area contributed by atoms with Crippen LogP contribution in [0.25, 0.3) is 32.5 Å². The smallest absolute Gasteiger partial charge is 0.263 e. The average molecular weight is 486 g/mol. The third kappa shape index (κ3) is 4.25. The molecule has 5 aromatic rings. The molecule has 168 valence electrons. The summed E-state index contributed by atoms with van der Waals surface area (Å²) in [6, 6.07) is 23.6. The second kappa shape index (κ2) is 9.25. The molecule has 1 amide bonds. The standard InChI is InChI=1S/C27H20ClN3O2S/c1-17-22(28)8-5-9-23(17)30-24(32)14-31-16-29-26-25(27(31)33)21(15-34-26)20-12-10-19(11-13-20)18-6-3-2-4-7-18/h2-13,15-16H,14H2,1H3,(H,30,32). The van der Waals surface area contributed by atoms with E-state index in [1.165, 1.54) is 22.2 Å². The highest BCUT2D eigenvalue weighted by atomic mass is 35.5. The number of nitrogens with zero attached hydrogens (tertiary/aromatic N) is 2. The zero-order valence-corrected chi connectivity index (χ0v) is 19.9. The van der Waals surface area contributed by atoms with Crippen molar-refractivity contribution in [3.8, 4) is 22.3 Å². The first kappa shape index (κ1) is 22.1. The van der Waals surface area contributed by atoms with Crippen LogP contribution in [0.15, 0.2) is 89.3 Å². The monoisotopic (exact) mass is 485 g/mol.